The molecule has 0 saturated carbocycles. The molecule has 1 aliphatic rings. The van der Waals surface area contributed by atoms with Crippen LogP contribution in [-0.2, 0) is 16.8 Å². The number of hydrogen-bond donors (Lipinski definition) is 1. The second-order valence-corrected chi connectivity index (χ2v) is 5.69. The van der Waals surface area contributed by atoms with Gasteiger partial charge in [-0.2, -0.15) is 0 Å². The Morgan fingerprint density at radius 1 is 1.38 bits per heavy atom. The molecule has 0 aliphatic carbocycles. The number of carbonyl (C=O) groups is 1. The molecule has 21 heavy (non-hydrogen) atoms. The molecule has 0 bridgehead atoms. The van der Waals surface area contributed by atoms with Gasteiger partial charge in [0.2, 0.25) is 0 Å². The van der Waals surface area contributed by atoms with Gasteiger partial charge >= 0.3 is 0 Å². The van der Waals surface area contributed by atoms with Crippen molar-refractivity contribution in [3.8, 4) is 0 Å². The quantitative estimate of drug-likeness (QED) is 0.930. The Balaban J connectivity index is 1.86. The maximum absolute atomic E-state index is 12.6. The molecule has 0 radical (unpaired) electrons. The molecule has 5 nitrogen and oxygen atoms in total. The van der Waals surface area contributed by atoms with Crippen LogP contribution in [0.1, 0.15) is 17.9 Å². The number of Topliss-reactive ketones (excluding diaryl/α,β-unsaturated/α-hetero) is 1. The molecular weight excluding hydrogens is 270 g/mol. The Hall–Kier alpha value is -1.85. The van der Waals surface area contributed by atoms with Gasteiger partial charge in [-0.25, -0.2) is 0 Å². The first-order chi connectivity index (χ1) is 10.1. The van der Waals surface area contributed by atoms with Crippen LogP contribution in [0.4, 0.5) is 0 Å². The van der Waals surface area contributed by atoms with Crippen molar-refractivity contribution in [3.05, 3.63) is 48.3 Å². The number of hydrogen-bond acceptors (Lipinski definition) is 5. The van der Waals surface area contributed by atoms with Crippen molar-refractivity contribution >= 4 is 5.78 Å². The van der Waals surface area contributed by atoms with E-state index in [-0.39, 0.29) is 12.2 Å². The summed E-state index contributed by atoms with van der Waals surface area (Å²) in [5.74, 6) is 0.534. The second kappa shape index (κ2) is 5.50. The number of piperidine rings is 1. The second-order valence-electron chi connectivity index (χ2n) is 5.69. The number of carbonyl (C=O) groups excluding carboxylic acids is 1. The Labute approximate surface area is 123 Å². The van der Waals surface area contributed by atoms with Crippen LogP contribution in [0.3, 0.4) is 0 Å². The molecule has 0 aromatic carbocycles. The van der Waals surface area contributed by atoms with Crippen molar-refractivity contribution in [3.63, 3.8) is 0 Å². The van der Waals surface area contributed by atoms with Crippen molar-refractivity contribution in [1.82, 2.24) is 4.90 Å². The average Bonchev–Trinajstić information content (AvgIpc) is 3.14. The van der Waals surface area contributed by atoms with Gasteiger partial charge in [-0.1, -0.05) is 0 Å². The van der Waals surface area contributed by atoms with Crippen molar-refractivity contribution in [1.29, 1.82) is 0 Å². The SMILES string of the molecule is CN1CC[C@@](O)(c2ccco2)[C@H](C(=O)Cc2ccco2)C1. The van der Waals surface area contributed by atoms with Gasteiger partial charge in [0.15, 0.2) is 0 Å². The standard InChI is InChI=1S/C16H19NO4/c1-17-7-6-16(19,15-5-3-9-21-15)13(11-17)14(18)10-12-4-2-8-20-12/h2-5,8-9,13,19H,6-7,10-11H2,1H3/t13-,16-/m0/s1. The van der Waals surface area contributed by atoms with E-state index in [0.717, 1.165) is 6.54 Å². The highest BCUT2D eigenvalue weighted by Gasteiger charge is 2.47. The van der Waals surface area contributed by atoms with Crippen molar-refractivity contribution in [2.45, 2.75) is 18.4 Å². The van der Waals surface area contributed by atoms with Gasteiger partial charge in [0.05, 0.1) is 24.9 Å². The lowest BCUT2D eigenvalue weighted by Crippen LogP contribution is -2.52. The van der Waals surface area contributed by atoms with Gasteiger partial charge in [0.1, 0.15) is 22.9 Å². The number of furan rings is 2. The summed E-state index contributed by atoms with van der Waals surface area (Å²) in [6.07, 6.45) is 3.74. The van der Waals surface area contributed by atoms with E-state index >= 15 is 0 Å². The van der Waals surface area contributed by atoms with E-state index in [9.17, 15) is 9.90 Å². The minimum Gasteiger partial charge on any atom is -0.469 e. The predicted molar refractivity (Wildman–Crippen MR) is 75.6 cm³/mol. The fourth-order valence-corrected chi connectivity index (χ4v) is 2.99. The summed E-state index contributed by atoms with van der Waals surface area (Å²) in [4.78, 5) is 14.7. The lowest BCUT2D eigenvalue weighted by Gasteiger charge is -2.41. The maximum atomic E-state index is 12.6. The summed E-state index contributed by atoms with van der Waals surface area (Å²) in [6.45, 7) is 1.23. The fourth-order valence-electron chi connectivity index (χ4n) is 2.99. The van der Waals surface area contributed by atoms with Crippen molar-refractivity contribution in [2.24, 2.45) is 5.92 Å². The van der Waals surface area contributed by atoms with Crippen molar-refractivity contribution in [2.75, 3.05) is 20.1 Å². The van der Waals surface area contributed by atoms with Crippen LogP contribution in [0.5, 0.6) is 0 Å². The predicted octanol–water partition coefficient (Wildman–Crippen LogP) is 1.82. The molecule has 1 aliphatic heterocycles. The molecule has 5 heteroatoms. The first kappa shape index (κ1) is 14.1. The third kappa shape index (κ3) is 2.66. The molecule has 3 heterocycles. The smallest absolute Gasteiger partial charge is 0.148 e. The van der Waals surface area contributed by atoms with Gasteiger partial charge in [-0.3, -0.25) is 4.79 Å². The molecule has 0 unspecified atom stereocenters. The molecule has 1 fully saturated rings. The number of rotatable bonds is 4. The van der Waals surface area contributed by atoms with Gasteiger partial charge in [-0.15, -0.1) is 0 Å². The molecular formula is C16H19NO4. The van der Waals surface area contributed by atoms with Gasteiger partial charge in [0.25, 0.3) is 0 Å². The van der Waals surface area contributed by atoms with Gasteiger partial charge in [-0.05, 0) is 37.7 Å². The van der Waals surface area contributed by atoms with Crippen LogP contribution in [-0.4, -0.2) is 35.9 Å². The Morgan fingerprint density at radius 2 is 2.14 bits per heavy atom. The highest BCUT2D eigenvalue weighted by Crippen LogP contribution is 2.38. The Morgan fingerprint density at radius 3 is 2.81 bits per heavy atom. The van der Waals surface area contributed by atoms with E-state index in [2.05, 4.69) is 4.90 Å². The van der Waals surface area contributed by atoms with Crippen LogP contribution in [0.15, 0.2) is 45.6 Å². The van der Waals surface area contributed by atoms with Crippen LogP contribution in [0, 0.1) is 5.92 Å². The summed E-state index contributed by atoms with van der Waals surface area (Å²) < 4.78 is 10.6. The van der Waals surface area contributed by atoms with E-state index in [1.165, 1.54) is 6.26 Å². The zero-order valence-corrected chi connectivity index (χ0v) is 12.0. The molecule has 2 aromatic rings. The summed E-state index contributed by atoms with van der Waals surface area (Å²) in [5, 5.41) is 11.0. The van der Waals surface area contributed by atoms with E-state index in [0.29, 0.717) is 24.5 Å². The van der Waals surface area contributed by atoms with E-state index < -0.39 is 11.5 Å². The molecule has 1 N–H and O–H groups in total. The highest BCUT2D eigenvalue weighted by molar-refractivity contribution is 5.84. The van der Waals surface area contributed by atoms with Gasteiger partial charge in [0, 0.05) is 13.1 Å². The van der Waals surface area contributed by atoms with Gasteiger partial charge < -0.3 is 18.8 Å². The fraction of sp³-hybridized carbons (Fsp3) is 0.438. The lowest BCUT2D eigenvalue weighted by atomic mass is 9.76. The number of likely N-dealkylation sites (tertiary alicyclic amines) is 1. The lowest BCUT2D eigenvalue weighted by molar-refractivity contribution is -0.143. The number of aliphatic hydroxyl groups is 1. The van der Waals surface area contributed by atoms with Crippen LogP contribution < -0.4 is 0 Å². The average molecular weight is 289 g/mol. The topological polar surface area (TPSA) is 66.8 Å². The first-order valence-electron chi connectivity index (χ1n) is 7.09. The zero-order valence-electron chi connectivity index (χ0n) is 12.0. The molecule has 0 amide bonds. The minimum absolute atomic E-state index is 0.0320. The van der Waals surface area contributed by atoms with Crippen LogP contribution >= 0.6 is 0 Å². The summed E-state index contributed by atoms with van der Waals surface area (Å²) >= 11 is 0. The molecule has 0 spiro atoms. The minimum atomic E-state index is -1.24. The summed E-state index contributed by atoms with van der Waals surface area (Å²) in [6, 6.07) is 7.00. The normalized spacial score (nSPS) is 26.9. The maximum Gasteiger partial charge on any atom is 0.148 e. The highest BCUT2D eigenvalue weighted by atomic mass is 16.4. The first-order valence-corrected chi connectivity index (χ1v) is 7.09. The molecule has 3 rings (SSSR count). The Bertz CT molecular complexity index is 590. The number of ketones is 1. The molecule has 2 atom stereocenters. The zero-order chi connectivity index (χ0) is 14.9. The third-order valence-corrected chi connectivity index (χ3v) is 4.21. The molecule has 1 saturated heterocycles. The van der Waals surface area contributed by atoms with E-state index in [1.807, 2.05) is 7.05 Å². The van der Waals surface area contributed by atoms with Crippen LogP contribution in [0.2, 0.25) is 0 Å². The van der Waals surface area contributed by atoms with Crippen LogP contribution in [0.25, 0.3) is 0 Å². The molecule has 112 valence electrons. The molecule has 2 aromatic heterocycles. The number of nitrogens with zero attached hydrogens (tertiary/aromatic N) is 1. The van der Waals surface area contributed by atoms with Crippen molar-refractivity contribution < 1.29 is 18.7 Å². The third-order valence-electron chi connectivity index (χ3n) is 4.21. The summed E-state index contributed by atoms with van der Waals surface area (Å²) in [5.41, 5.74) is -1.24. The largest absolute Gasteiger partial charge is 0.469 e. The van der Waals surface area contributed by atoms with E-state index in [4.69, 9.17) is 8.83 Å². The van der Waals surface area contributed by atoms with E-state index in [1.54, 1.807) is 30.5 Å². The monoisotopic (exact) mass is 289 g/mol. The Kier molecular flexibility index (Phi) is 3.69. The summed E-state index contributed by atoms with van der Waals surface area (Å²) in [7, 11) is 1.95.